The topological polar surface area (TPSA) is 80.7 Å². The summed E-state index contributed by atoms with van der Waals surface area (Å²) < 4.78 is 10.1. The van der Waals surface area contributed by atoms with Crippen molar-refractivity contribution in [1.82, 2.24) is 4.98 Å². The van der Waals surface area contributed by atoms with Gasteiger partial charge in [0.2, 0.25) is 0 Å². The second-order valence-corrected chi connectivity index (χ2v) is 3.42. The minimum Gasteiger partial charge on any atom is -0.478 e. The van der Waals surface area contributed by atoms with Gasteiger partial charge in [-0.15, -0.1) is 0 Å². The van der Waals surface area contributed by atoms with Crippen LogP contribution in [0.25, 0.3) is 0 Å². The number of rotatable bonds is 7. The second kappa shape index (κ2) is 6.82. The van der Waals surface area contributed by atoms with Crippen molar-refractivity contribution in [2.75, 3.05) is 32.7 Å². The smallest absolute Gasteiger partial charge is 0.339 e. The van der Waals surface area contributed by atoms with E-state index >= 15 is 0 Å². The number of hydrogen-bond donors (Lipinski definition) is 2. The normalized spacial score (nSPS) is 12.1. The molecule has 0 bridgehead atoms. The SMILES string of the molecule is COCC(CNc1ccncc1C(=O)O)OC. The van der Waals surface area contributed by atoms with Gasteiger partial charge in [-0.1, -0.05) is 0 Å². The molecule has 0 fully saturated rings. The molecule has 6 nitrogen and oxygen atoms in total. The molecule has 0 aliphatic heterocycles. The molecule has 1 aromatic rings. The van der Waals surface area contributed by atoms with Gasteiger partial charge < -0.3 is 19.9 Å². The minimum atomic E-state index is -1.01. The lowest BCUT2D eigenvalue weighted by Gasteiger charge is -2.16. The van der Waals surface area contributed by atoms with Crippen LogP contribution >= 0.6 is 0 Å². The first-order valence-corrected chi connectivity index (χ1v) is 5.12. The summed E-state index contributed by atoms with van der Waals surface area (Å²) in [7, 11) is 3.16. The lowest BCUT2D eigenvalue weighted by Crippen LogP contribution is -2.27. The van der Waals surface area contributed by atoms with Gasteiger partial charge in [0.1, 0.15) is 5.56 Å². The van der Waals surface area contributed by atoms with Crippen molar-refractivity contribution >= 4 is 11.7 Å². The fraction of sp³-hybridized carbons (Fsp3) is 0.455. The van der Waals surface area contributed by atoms with E-state index in [9.17, 15) is 4.79 Å². The summed E-state index contributed by atoms with van der Waals surface area (Å²) in [6.07, 6.45) is 2.71. The Morgan fingerprint density at radius 3 is 2.94 bits per heavy atom. The maximum absolute atomic E-state index is 10.9. The van der Waals surface area contributed by atoms with Crippen molar-refractivity contribution < 1.29 is 19.4 Å². The molecule has 0 radical (unpaired) electrons. The third kappa shape index (κ3) is 4.01. The highest BCUT2D eigenvalue weighted by molar-refractivity contribution is 5.93. The highest BCUT2D eigenvalue weighted by Gasteiger charge is 2.12. The molecule has 1 aromatic heterocycles. The first-order chi connectivity index (χ1) is 8.19. The molecule has 1 rings (SSSR count). The predicted molar refractivity (Wildman–Crippen MR) is 62.4 cm³/mol. The van der Waals surface area contributed by atoms with Crippen molar-refractivity contribution in [1.29, 1.82) is 0 Å². The number of carboxylic acids is 1. The molecule has 94 valence electrons. The number of hydrogen-bond acceptors (Lipinski definition) is 5. The number of methoxy groups -OCH3 is 2. The van der Waals surface area contributed by atoms with Crippen LogP contribution in [0.4, 0.5) is 5.69 Å². The first kappa shape index (κ1) is 13.4. The van der Waals surface area contributed by atoms with Gasteiger partial charge in [-0.2, -0.15) is 0 Å². The molecule has 0 aliphatic carbocycles. The van der Waals surface area contributed by atoms with Crippen LogP contribution in [0, 0.1) is 0 Å². The number of carbonyl (C=O) groups is 1. The molecule has 17 heavy (non-hydrogen) atoms. The van der Waals surface area contributed by atoms with Crippen molar-refractivity contribution in [3.8, 4) is 0 Å². The van der Waals surface area contributed by atoms with Crippen molar-refractivity contribution in [3.05, 3.63) is 24.0 Å². The highest BCUT2D eigenvalue weighted by atomic mass is 16.5. The Morgan fingerprint density at radius 1 is 1.59 bits per heavy atom. The monoisotopic (exact) mass is 240 g/mol. The van der Waals surface area contributed by atoms with Gasteiger partial charge in [0.25, 0.3) is 0 Å². The number of anilines is 1. The van der Waals surface area contributed by atoms with E-state index in [2.05, 4.69) is 10.3 Å². The number of ether oxygens (including phenoxy) is 2. The Balaban J connectivity index is 2.65. The summed E-state index contributed by atoms with van der Waals surface area (Å²) in [5, 5.41) is 12.0. The number of aromatic carboxylic acids is 1. The van der Waals surface area contributed by atoms with Gasteiger partial charge in [-0.3, -0.25) is 4.98 Å². The molecule has 1 atom stereocenters. The van der Waals surface area contributed by atoms with Crippen LogP contribution in [0.3, 0.4) is 0 Å². The molecule has 0 aliphatic rings. The molecule has 0 spiro atoms. The highest BCUT2D eigenvalue weighted by Crippen LogP contribution is 2.13. The Labute approximate surface area is 99.6 Å². The average Bonchev–Trinajstić information content (AvgIpc) is 2.34. The molecule has 0 aromatic carbocycles. The summed E-state index contributed by atoms with van der Waals surface area (Å²) in [5.74, 6) is -1.01. The molecule has 0 saturated carbocycles. The Bertz CT molecular complexity index is 370. The molecule has 0 saturated heterocycles. The molecule has 2 N–H and O–H groups in total. The zero-order valence-corrected chi connectivity index (χ0v) is 9.84. The van der Waals surface area contributed by atoms with Crippen LogP contribution < -0.4 is 5.32 Å². The third-order valence-corrected chi connectivity index (χ3v) is 2.26. The van der Waals surface area contributed by atoms with Gasteiger partial charge in [-0.05, 0) is 6.07 Å². The zero-order chi connectivity index (χ0) is 12.7. The van der Waals surface area contributed by atoms with E-state index in [-0.39, 0.29) is 11.7 Å². The molecular formula is C11H16N2O4. The molecule has 6 heteroatoms. The van der Waals surface area contributed by atoms with E-state index in [0.717, 1.165) is 0 Å². The number of nitrogens with zero attached hydrogens (tertiary/aromatic N) is 1. The maximum Gasteiger partial charge on any atom is 0.339 e. The van der Waals surface area contributed by atoms with Crippen LogP contribution in [0.5, 0.6) is 0 Å². The summed E-state index contributed by atoms with van der Waals surface area (Å²) in [5.41, 5.74) is 0.658. The lowest BCUT2D eigenvalue weighted by atomic mass is 10.2. The van der Waals surface area contributed by atoms with Gasteiger partial charge >= 0.3 is 5.97 Å². The van der Waals surface area contributed by atoms with Crippen molar-refractivity contribution in [3.63, 3.8) is 0 Å². The van der Waals surface area contributed by atoms with Gasteiger partial charge in [0.15, 0.2) is 0 Å². The number of aromatic nitrogens is 1. The van der Waals surface area contributed by atoms with E-state index in [1.54, 1.807) is 20.3 Å². The summed E-state index contributed by atoms with van der Waals surface area (Å²) in [6.45, 7) is 0.908. The second-order valence-electron chi connectivity index (χ2n) is 3.42. The lowest BCUT2D eigenvalue weighted by molar-refractivity contribution is 0.0365. The van der Waals surface area contributed by atoms with Gasteiger partial charge in [0.05, 0.1) is 18.4 Å². The summed E-state index contributed by atoms with van der Waals surface area (Å²) in [4.78, 5) is 14.7. The largest absolute Gasteiger partial charge is 0.478 e. The zero-order valence-electron chi connectivity index (χ0n) is 9.84. The van der Waals surface area contributed by atoms with E-state index in [4.69, 9.17) is 14.6 Å². The molecule has 1 unspecified atom stereocenters. The number of nitrogens with one attached hydrogen (secondary N) is 1. The van der Waals surface area contributed by atoms with E-state index in [1.807, 2.05) is 0 Å². The first-order valence-electron chi connectivity index (χ1n) is 5.12. The maximum atomic E-state index is 10.9. The average molecular weight is 240 g/mol. The van der Waals surface area contributed by atoms with Crippen LogP contribution in [-0.4, -0.2) is 49.5 Å². The van der Waals surface area contributed by atoms with Gasteiger partial charge in [0, 0.05) is 33.2 Å². The standard InChI is InChI=1S/C11H16N2O4/c1-16-7-8(17-2)5-13-10-3-4-12-6-9(10)11(14)15/h3-4,6,8H,5,7H2,1-2H3,(H,12,13)(H,14,15). The minimum absolute atomic E-state index is 0.130. The predicted octanol–water partition coefficient (Wildman–Crippen LogP) is 0.853. The quantitative estimate of drug-likeness (QED) is 0.735. The summed E-state index contributed by atoms with van der Waals surface area (Å²) in [6, 6.07) is 1.61. The van der Waals surface area contributed by atoms with Crippen LogP contribution in [0.1, 0.15) is 10.4 Å². The van der Waals surface area contributed by atoms with E-state index < -0.39 is 5.97 Å². The Kier molecular flexibility index (Phi) is 5.38. The molecular weight excluding hydrogens is 224 g/mol. The van der Waals surface area contributed by atoms with Crippen LogP contribution in [0.15, 0.2) is 18.5 Å². The fourth-order valence-corrected chi connectivity index (χ4v) is 1.34. The van der Waals surface area contributed by atoms with Gasteiger partial charge in [-0.25, -0.2) is 4.79 Å². The van der Waals surface area contributed by atoms with Crippen molar-refractivity contribution in [2.24, 2.45) is 0 Å². The Hall–Kier alpha value is -1.66. The van der Waals surface area contributed by atoms with Crippen molar-refractivity contribution in [2.45, 2.75) is 6.10 Å². The third-order valence-electron chi connectivity index (χ3n) is 2.26. The van der Waals surface area contributed by atoms with E-state index in [1.165, 1.54) is 12.4 Å². The van der Waals surface area contributed by atoms with E-state index in [0.29, 0.717) is 18.8 Å². The number of carboxylic acid groups (broad SMARTS) is 1. The molecule has 1 heterocycles. The number of pyridine rings is 1. The van der Waals surface area contributed by atoms with Crippen LogP contribution in [-0.2, 0) is 9.47 Å². The molecule has 0 amide bonds. The fourth-order valence-electron chi connectivity index (χ4n) is 1.34. The van der Waals surface area contributed by atoms with Crippen LogP contribution in [0.2, 0.25) is 0 Å². The summed E-state index contributed by atoms with van der Waals surface area (Å²) >= 11 is 0. The Morgan fingerprint density at radius 2 is 2.35 bits per heavy atom.